The predicted molar refractivity (Wildman–Crippen MR) is 225 cm³/mol. The van der Waals surface area contributed by atoms with Gasteiger partial charge in [-0.25, -0.2) is 9.97 Å². The summed E-state index contributed by atoms with van der Waals surface area (Å²) in [5, 5.41) is 4.83. The van der Waals surface area contributed by atoms with E-state index in [4.69, 9.17) is 9.97 Å². The minimum atomic E-state index is 0.811. The van der Waals surface area contributed by atoms with Crippen LogP contribution >= 0.6 is 0 Å². The van der Waals surface area contributed by atoms with Gasteiger partial charge in [-0.2, -0.15) is 0 Å². The molecule has 8 aromatic carbocycles. The van der Waals surface area contributed by atoms with Crippen molar-refractivity contribution >= 4 is 54.6 Å². The lowest BCUT2D eigenvalue weighted by atomic mass is 10.0. The van der Waals surface area contributed by atoms with Crippen molar-refractivity contribution in [2.45, 2.75) is 0 Å². The molecule has 11 rings (SSSR count). The molecule has 0 radical (unpaired) electrons. The van der Waals surface area contributed by atoms with E-state index in [9.17, 15) is 0 Å². The molecular formula is C50H32N4. The van der Waals surface area contributed by atoms with Gasteiger partial charge >= 0.3 is 0 Å². The third-order valence-electron chi connectivity index (χ3n) is 10.7. The Hall–Kier alpha value is -7.30. The third-order valence-corrected chi connectivity index (χ3v) is 10.7. The summed E-state index contributed by atoms with van der Waals surface area (Å²) in [6.07, 6.45) is 0. The maximum Gasteiger partial charge on any atom is 0.165 e. The van der Waals surface area contributed by atoms with Crippen LogP contribution in [0.1, 0.15) is 0 Å². The van der Waals surface area contributed by atoms with Crippen LogP contribution in [0.15, 0.2) is 194 Å². The number of hydrogen-bond donors (Lipinski definition) is 0. The first kappa shape index (κ1) is 30.3. The van der Waals surface area contributed by atoms with Crippen molar-refractivity contribution in [3.05, 3.63) is 194 Å². The number of fused-ring (bicyclic) bond motifs is 8. The second kappa shape index (κ2) is 12.1. The summed E-state index contributed by atoms with van der Waals surface area (Å²) in [5.74, 6) is 0.811. The lowest BCUT2D eigenvalue weighted by molar-refractivity contribution is 1.08. The highest BCUT2D eigenvalue weighted by Crippen LogP contribution is 2.43. The van der Waals surface area contributed by atoms with Gasteiger partial charge in [0, 0.05) is 32.8 Å². The Morgan fingerprint density at radius 3 is 1.48 bits per heavy atom. The topological polar surface area (TPSA) is 35.6 Å². The van der Waals surface area contributed by atoms with E-state index in [1.807, 2.05) is 12.1 Å². The van der Waals surface area contributed by atoms with Crippen LogP contribution in [0, 0.1) is 0 Å². The van der Waals surface area contributed by atoms with E-state index in [-0.39, 0.29) is 0 Å². The van der Waals surface area contributed by atoms with Crippen molar-refractivity contribution < 1.29 is 0 Å². The van der Waals surface area contributed by atoms with Gasteiger partial charge in [0.1, 0.15) is 5.69 Å². The fraction of sp³-hybridized carbons (Fsp3) is 0. The summed E-state index contributed by atoms with van der Waals surface area (Å²) in [4.78, 5) is 10.9. The van der Waals surface area contributed by atoms with Crippen LogP contribution in [0.2, 0.25) is 0 Å². The van der Waals surface area contributed by atoms with Gasteiger partial charge in [0.25, 0.3) is 0 Å². The molecule has 0 saturated carbocycles. The van der Waals surface area contributed by atoms with Gasteiger partial charge in [-0.3, -0.25) is 4.57 Å². The number of hydrogen-bond acceptors (Lipinski definition) is 2. The SMILES string of the molecule is c1ccc(-c2cccc(-n3c4ccccc4c4c5c6ccccc6n(-c6nc7ccc(-c8ccccc8)cc7nc6-c6ccccc6)c5ccc43)c2)cc1. The highest BCUT2D eigenvalue weighted by atomic mass is 15.1. The zero-order chi connectivity index (χ0) is 35.6. The first-order chi connectivity index (χ1) is 26.8. The zero-order valence-corrected chi connectivity index (χ0v) is 29.3. The van der Waals surface area contributed by atoms with Gasteiger partial charge in [0.05, 0.1) is 33.1 Å². The smallest absolute Gasteiger partial charge is 0.165 e. The van der Waals surface area contributed by atoms with Crippen LogP contribution in [-0.2, 0) is 0 Å². The number of rotatable bonds is 5. The van der Waals surface area contributed by atoms with E-state index in [0.29, 0.717) is 0 Å². The molecule has 0 aliphatic rings. The molecule has 0 atom stereocenters. The molecule has 0 aliphatic heterocycles. The second-order valence-corrected chi connectivity index (χ2v) is 13.8. The molecule has 0 unspecified atom stereocenters. The summed E-state index contributed by atoms with van der Waals surface area (Å²) in [5.41, 5.74) is 13.9. The average Bonchev–Trinajstić information content (AvgIpc) is 3.77. The Morgan fingerprint density at radius 2 is 0.833 bits per heavy atom. The molecule has 0 bridgehead atoms. The Labute approximate surface area is 311 Å². The fourth-order valence-corrected chi connectivity index (χ4v) is 8.28. The molecule has 11 aromatic rings. The Balaban J connectivity index is 1.21. The molecule has 252 valence electrons. The van der Waals surface area contributed by atoms with Crippen LogP contribution < -0.4 is 0 Å². The third kappa shape index (κ3) is 4.70. The van der Waals surface area contributed by atoms with Gasteiger partial charge < -0.3 is 4.57 Å². The molecule has 3 aromatic heterocycles. The normalized spacial score (nSPS) is 11.7. The lowest BCUT2D eigenvalue weighted by Crippen LogP contribution is -2.04. The van der Waals surface area contributed by atoms with Crippen molar-refractivity contribution in [2.75, 3.05) is 0 Å². The maximum atomic E-state index is 5.46. The maximum absolute atomic E-state index is 5.46. The minimum Gasteiger partial charge on any atom is -0.309 e. The number of para-hydroxylation sites is 2. The summed E-state index contributed by atoms with van der Waals surface area (Å²) in [7, 11) is 0. The minimum absolute atomic E-state index is 0.811. The summed E-state index contributed by atoms with van der Waals surface area (Å²) in [6.45, 7) is 0. The molecular weight excluding hydrogens is 657 g/mol. The van der Waals surface area contributed by atoms with E-state index in [2.05, 4.69) is 191 Å². The summed E-state index contributed by atoms with van der Waals surface area (Å²) >= 11 is 0. The van der Waals surface area contributed by atoms with Crippen molar-refractivity contribution in [1.82, 2.24) is 19.1 Å². The van der Waals surface area contributed by atoms with Gasteiger partial charge in [-0.05, 0) is 70.8 Å². The standard InChI is InChI=1S/C50H32N4/c1-4-15-33(16-5-1)36-21-14-22-38(31-36)53-43-25-12-10-23-39(43)47-45(53)29-30-46-48(47)40-24-11-13-26-44(40)54(46)50-49(35-19-8-3-9-20-35)51-42-32-37(27-28-41(42)52-50)34-17-6-2-7-18-34/h1-32H. The van der Waals surface area contributed by atoms with Crippen molar-refractivity contribution in [3.8, 4) is 45.0 Å². The molecule has 0 aliphatic carbocycles. The summed E-state index contributed by atoms with van der Waals surface area (Å²) in [6, 6.07) is 68.9. The molecule has 3 heterocycles. The van der Waals surface area contributed by atoms with E-state index in [0.717, 1.165) is 61.5 Å². The van der Waals surface area contributed by atoms with E-state index in [1.54, 1.807) is 0 Å². The summed E-state index contributed by atoms with van der Waals surface area (Å²) < 4.78 is 4.74. The first-order valence-corrected chi connectivity index (χ1v) is 18.3. The molecule has 0 fully saturated rings. The van der Waals surface area contributed by atoms with Crippen LogP contribution in [0.25, 0.3) is 99.7 Å². The molecule has 0 N–H and O–H groups in total. The number of aromatic nitrogens is 4. The molecule has 4 heteroatoms. The fourth-order valence-electron chi connectivity index (χ4n) is 8.28. The Bertz CT molecular complexity index is 3200. The van der Waals surface area contributed by atoms with Crippen molar-refractivity contribution in [3.63, 3.8) is 0 Å². The van der Waals surface area contributed by atoms with Crippen LogP contribution in [0.3, 0.4) is 0 Å². The van der Waals surface area contributed by atoms with Crippen molar-refractivity contribution in [1.29, 1.82) is 0 Å². The molecule has 54 heavy (non-hydrogen) atoms. The number of nitrogens with zero attached hydrogens (tertiary/aromatic N) is 4. The molecule has 4 nitrogen and oxygen atoms in total. The van der Waals surface area contributed by atoms with Gasteiger partial charge in [-0.15, -0.1) is 0 Å². The zero-order valence-electron chi connectivity index (χ0n) is 29.3. The highest BCUT2D eigenvalue weighted by molar-refractivity contribution is 6.29. The van der Waals surface area contributed by atoms with Crippen LogP contribution in [-0.4, -0.2) is 19.1 Å². The largest absolute Gasteiger partial charge is 0.309 e. The van der Waals surface area contributed by atoms with Crippen LogP contribution in [0.4, 0.5) is 0 Å². The first-order valence-electron chi connectivity index (χ1n) is 18.3. The second-order valence-electron chi connectivity index (χ2n) is 13.8. The van der Waals surface area contributed by atoms with E-state index in [1.165, 1.54) is 38.2 Å². The highest BCUT2D eigenvalue weighted by Gasteiger charge is 2.23. The Morgan fingerprint density at radius 1 is 0.315 bits per heavy atom. The number of benzene rings is 8. The molecule has 0 amide bonds. The molecule has 0 spiro atoms. The van der Waals surface area contributed by atoms with Gasteiger partial charge in [-0.1, -0.05) is 146 Å². The van der Waals surface area contributed by atoms with Crippen LogP contribution in [0.5, 0.6) is 0 Å². The predicted octanol–water partition coefficient (Wildman–Crippen LogP) is 12.8. The van der Waals surface area contributed by atoms with Crippen molar-refractivity contribution in [2.24, 2.45) is 0 Å². The Kier molecular flexibility index (Phi) is 6.82. The van der Waals surface area contributed by atoms with E-state index < -0.39 is 0 Å². The van der Waals surface area contributed by atoms with E-state index >= 15 is 0 Å². The monoisotopic (exact) mass is 688 g/mol. The lowest BCUT2D eigenvalue weighted by Gasteiger charge is -2.14. The van der Waals surface area contributed by atoms with Gasteiger partial charge in [0.15, 0.2) is 5.82 Å². The quantitative estimate of drug-likeness (QED) is 0.180. The van der Waals surface area contributed by atoms with Gasteiger partial charge in [0.2, 0.25) is 0 Å². The average molecular weight is 689 g/mol. The molecule has 0 saturated heterocycles.